The van der Waals surface area contributed by atoms with E-state index in [0.29, 0.717) is 36.1 Å². The molecule has 1 fully saturated rings. The van der Waals surface area contributed by atoms with Gasteiger partial charge in [-0.3, -0.25) is 4.79 Å². The molecule has 1 aliphatic rings. The molecule has 2 aromatic heterocycles. The van der Waals surface area contributed by atoms with Gasteiger partial charge in [-0.2, -0.15) is 9.78 Å². The molecule has 3 aromatic rings. The fourth-order valence-corrected chi connectivity index (χ4v) is 3.83. The summed E-state index contributed by atoms with van der Waals surface area (Å²) in [6.07, 6.45) is 3.65. The van der Waals surface area contributed by atoms with Gasteiger partial charge in [0.25, 0.3) is 5.91 Å². The Morgan fingerprint density at radius 2 is 2.21 bits per heavy atom. The minimum atomic E-state index is -0.527. The van der Waals surface area contributed by atoms with Gasteiger partial charge in [0.1, 0.15) is 12.2 Å². The quantitative estimate of drug-likeness (QED) is 0.259. The number of likely N-dealkylation sites (tertiary alicyclic amines) is 1. The average Bonchev–Trinajstić information content (AvgIpc) is 3.43. The van der Waals surface area contributed by atoms with Crippen molar-refractivity contribution in [2.45, 2.75) is 33.2 Å². The van der Waals surface area contributed by atoms with E-state index in [1.54, 1.807) is 12.1 Å². The van der Waals surface area contributed by atoms with Crippen molar-refractivity contribution in [1.29, 1.82) is 0 Å². The van der Waals surface area contributed by atoms with Gasteiger partial charge in [-0.25, -0.2) is 10.1 Å². The Labute approximate surface area is 195 Å². The molecule has 0 radical (unpaired) electrons. The summed E-state index contributed by atoms with van der Waals surface area (Å²) in [6.45, 7) is 6.93. The van der Waals surface area contributed by atoms with Gasteiger partial charge < -0.3 is 20.5 Å². The zero-order chi connectivity index (χ0) is 24.1. The molecule has 0 atom stereocenters. The molecule has 1 aromatic carbocycles. The first-order valence-corrected chi connectivity index (χ1v) is 11.1. The van der Waals surface area contributed by atoms with Crippen molar-refractivity contribution in [2.24, 2.45) is 11.0 Å². The molecule has 13 heteroatoms. The Hall–Kier alpha value is -4.00. The van der Waals surface area contributed by atoms with Crippen LogP contribution in [-0.2, 0) is 6.54 Å². The first kappa shape index (κ1) is 23.2. The zero-order valence-corrected chi connectivity index (χ0v) is 19.1. The van der Waals surface area contributed by atoms with Crippen molar-refractivity contribution in [3.63, 3.8) is 0 Å². The maximum atomic E-state index is 12.9. The first-order chi connectivity index (χ1) is 16.5. The van der Waals surface area contributed by atoms with Crippen molar-refractivity contribution in [1.82, 2.24) is 30.7 Å². The van der Waals surface area contributed by atoms with E-state index in [9.17, 15) is 9.90 Å². The number of amides is 1. The second-order valence-electron chi connectivity index (χ2n) is 8.24. The molecule has 5 N–H and O–H groups in total. The predicted octanol–water partition coefficient (Wildman–Crippen LogP) is -0.0845. The number of nitrogens with one attached hydrogen (secondary N) is 2. The van der Waals surface area contributed by atoms with Crippen molar-refractivity contribution < 1.29 is 24.2 Å². The largest absolute Gasteiger partial charge is 0.504 e. The number of hydrazone groups is 1. The summed E-state index contributed by atoms with van der Waals surface area (Å²) in [7, 11) is 0. The van der Waals surface area contributed by atoms with Crippen LogP contribution in [0.3, 0.4) is 0 Å². The number of aromatic nitrogens is 5. The molecule has 0 saturated carbocycles. The van der Waals surface area contributed by atoms with Crippen molar-refractivity contribution in [3.8, 4) is 17.3 Å². The number of rotatable bonds is 8. The van der Waals surface area contributed by atoms with Crippen molar-refractivity contribution in [2.75, 3.05) is 25.4 Å². The van der Waals surface area contributed by atoms with Crippen LogP contribution in [0.5, 0.6) is 11.5 Å². The third-order valence-electron chi connectivity index (χ3n) is 5.74. The van der Waals surface area contributed by atoms with Gasteiger partial charge in [-0.15, -0.1) is 5.10 Å². The smallest absolute Gasteiger partial charge is 0.294 e. The molecule has 1 aliphatic heterocycles. The molecule has 3 heterocycles. The summed E-state index contributed by atoms with van der Waals surface area (Å²) in [6, 6.07) is 4.77. The lowest BCUT2D eigenvalue weighted by Gasteiger charge is -2.27. The van der Waals surface area contributed by atoms with Crippen LogP contribution in [0, 0.1) is 5.92 Å². The van der Waals surface area contributed by atoms with E-state index < -0.39 is 5.91 Å². The Bertz CT molecular complexity index is 1160. The van der Waals surface area contributed by atoms with E-state index in [4.69, 9.17) is 15.1 Å². The number of nitrogens with two attached hydrogens (primary N) is 1. The van der Waals surface area contributed by atoms with Gasteiger partial charge in [0.15, 0.2) is 17.2 Å². The summed E-state index contributed by atoms with van der Waals surface area (Å²) in [5.74, 6) is 0.753. The monoisotopic (exact) mass is 470 g/mol. The summed E-state index contributed by atoms with van der Waals surface area (Å²) in [5.41, 5.74) is 9.63. The number of phenols is 1. The predicted molar refractivity (Wildman–Crippen MR) is 121 cm³/mol. The number of anilines is 1. The van der Waals surface area contributed by atoms with Crippen LogP contribution in [0.4, 0.5) is 5.82 Å². The van der Waals surface area contributed by atoms with Crippen LogP contribution in [0.2, 0.25) is 0 Å². The van der Waals surface area contributed by atoms with Crippen LogP contribution in [0.1, 0.15) is 48.4 Å². The summed E-state index contributed by atoms with van der Waals surface area (Å²) >= 11 is 0. The topological polar surface area (TPSA) is 171 Å². The average molecular weight is 471 g/mol. The van der Waals surface area contributed by atoms with Crippen LogP contribution >= 0.6 is 0 Å². The van der Waals surface area contributed by atoms with Crippen LogP contribution in [-0.4, -0.2) is 62.2 Å². The lowest BCUT2D eigenvalue weighted by Crippen LogP contribution is -3.11. The molecular weight excluding hydrogens is 442 g/mol. The van der Waals surface area contributed by atoms with Gasteiger partial charge >= 0.3 is 0 Å². The Balaban J connectivity index is 1.54. The highest BCUT2D eigenvalue weighted by Gasteiger charge is 2.28. The molecule has 13 nitrogen and oxygen atoms in total. The van der Waals surface area contributed by atoms with Crippen LogP contribution in [0.25, 0.3) is 5.82 Å². The minimum absolute atomic E-state index is 0.0283. The van der Waals surface area contributed by atoms with Crippen LogP contribution < -0.4 is 20.8 Å². The molecule has 0 bridgehead atoms. The van der Waals surface area contributed by atoms with E-state index >= 15 is 0 Å². The molecule has 34 heavy (non-hydrogen) atoms. The number of quaternary nitrogens is 1. The Kier molecular flexibility index (Phi) is 7.01. The highest BCUT2D eigenvalue weighted by atomic mass is 16.6. The van der Waals surface area contributed by atoms with Gasteiger partial charge in [-0.1, -0.05) is 12.1 Å². The SMILES string of the molecule is CCOc1cc(C=NNC(=O)c2nnn(-c3nonc3N)c2C[NH+]2CCC(C)CC2)ccc1O. The molecule has 4 rings (SSSR count). The molecular formula is C21H28N9O4+. The number of nitrogen functional groups attached to an aromatic ring is 1. The number of carbonyl (C=O) groups excluding carboxylic acids is 1. The number of benzene rings is 1. The van der Waals surface area contributed by atoms with E-state index in [0.717, 1.165) is 25.9 Å². The number of piperidine rings is 1. The Morgan fingerprint density at radius 3 is 2.91 bits per heavy atom. The maximum absolute atomic E-state index is 12.9. The minimum Gasteiger partial charge on any atom is -0.504 e. The number of aromatic hydroxyl groups is 1. The number of hydrogen-bond acceptors (Lipinski definition) is 10. The van der Waals surface area contributed by atoms with E-state index in [-0.39, 0.29) is 23.1 Å². The van der Waals surface area contributed by atoms with Crippen molar-refractivity contribution in [3.05, 3.63) is 35.2 Å². The normalized spacial score (nSPS) is 18.3. The molecule has 0 spiro atoms. The van der Waals surface area contributed by atoms with Gasteiger partial charge in [-0.05, 0) is 59.8 Å². The number of nitrogens with zero attached hydrogens (tertiary/aromatic N) is 6. The standard InChI is InChI=1S/C21H27N9O4/c1-3-33-17-10-14(4-5-16(17)31)11-23-25-21(32)18-15(12-29-8-6-13(2)7-9-29)30(28-24-18)20-19(22)26-34-27-20/h4-5,10-11,13,31H,3,6-9,12H2,1-2H3,(H2,22,26)(H,25,32)/p+1. The number of ether oxygens (including phenoxy) is 1. The van der Waals surface area contributed by atoms with E-state index in [1.807, 2.05) is 6.92 Å². The highest BCUT2D eigenvalue weighted by Crippen LogP contribution is 2.26. The molecule has 1 amide bonds. The summed E-state index contributed by atoms with van der Waals surface area (Å²) in [4.78, 5) is 14.2. The number of hydrogen-bond donors (Lipinski definition) is 4. The zero-order valence-electron chi connectivity index (χ0n) is 19.1. The number of carbonyl (C=O) groups is 1. The second-order valence-corrected chi connectivity index (χ2v) is 8.24. The molecule has 180 valence electrons. The fourth-order valence-electron chi connectivity index (χ4n) is 3.83. The van der Waals surface area contributed by atoms with Gasteiger partial charge in [0, 0.05) is 0 Å². The fraction of sp³-hybridized carbons (Fsp3) is 0.429. The van der Waals surface area contributed by atoms with E-state index in [2.05, 4.69) is 38.1 Å². The molecule has 0 aliphatic carbocycles. The first-order valence-electron chi connectivity index (χ1n) is 11.1. The third kappa shape index (κ3) is 5.14. The second kappa shape index (κ2) is 10.3. The summed E-state index contributed by atoms with van der Waals surface area (Å²) < 4.78 is 11.5. The lowest BCUT2D eigenvalue weighted by atomic mass is 9.99. The summed E-state index contributed by atoms with van der Waals surface area (Å²) in [5, 5.41) is 29.4. The Morgan fingerprint density at radius 1 is 1.41 bits per heavy atom. The third-order valence-corrected chi connectivity index (χ3v) is 5.74. The van der Waals surface area contributed by atoms with Crippen molar-refractivity contribution >= 4 is 17.9 Å². The van der Waals surface area contributed by atoms with Gasteiger partial charge in [0.05, 0.1) is 25.9 Å². The lowest BCUT2D eigenvalue weighted by molar-refractivity contribution is -0.920. The highest BCUT2D eigenvalue weighted by molar-refractivity contribution is 5.94. The number of phenolic OH excluding ortho intramolecular Hbond substituents is 1. The maximum Gasteiger partial charge on any atom is 0.294 e. The molecule has 1 saturated heterocycles. The van der Waals surface area contributed by atoms with E-state index in [1.165, 1.54) is 21.9 Å². The van der Waals surface area contributed by atoms with Gasteiger partial charge in [0.2, 0.25) is 11.6 Å². The van der Waals surface area contributed by atoms with Crippen LogP contribution in [0.15, 0.2) is 27.9 Å². The molecule has 0 unspecified atom stereocenters.